The number of rotatable bonds is 5. The highest BCUT2D eigenvalue weighted by Crippen LogP contribution is 2.28. The summed E-state index contributed by atoms with van der Waals surface area (Å²) in [6, 6.07) is 8.56. The molecule has 138 valence electrons. The molecule has 1 aliphatic heterocycles. The number of anilines is 1. The van der Waals surface area contributed by atoms with Crippen LogP contribution in [-0.2, 0) is 31.4 Å². The van der Waals surface area contributed by atoms with E-state index < -0.39 is 31.9 Å². The molecule has 2 heterocycles. The zero-order valence-electron chi connectivity index (χ0n) is 13.9. The van der Waals surface area contributed by atoms with E-state index in [9.17, 15) is 21.6 Å². The molecular weight excluding hydrogens is 378 g/mol. The average Bonchev–Trinajstić information content (AvgIpc) is 2.81. The van der Waals surface area contributed by atoms with Gasteiger partial charge in [0.05, 0.1) is 22.3 Å². The summed E-state index contributed by atoms with van der Waals surface area (Å²) in [7, 11) is -7.50. The number of nitrogens with zero attached hydrogens (tertiary/aromatic N) is 2. The van der Waals surface area contributed by atoms with Crippen molar-refractivity contribution < 1.29 is 21.6 Å². The van der Waals surface area contributed by atoms with Crippen molar-refractivity contribution in [2.45, 2.75) is 18.4 Å². The molecule has 3 rings (SSSR count). The number of hydrogen-bond donors (Lipinski definition) is 1. The van der Waals surface area contributed by atoms with E-state index in [1.165, 1.54) is 24.3 Å². The third kappa shape index (κ3) is 3.62. The maximum Gasteiger partial charge on any atom is 0.244 e. The van der Waals surface area contributed by atoms with E-state index in [1.807, 2.05) is 0 Å². The molecule has 1 atom stereocenters. The first-order valence-electron chi connectivity index (χ1n) is 7.76. The van der Waals surface area contributed by atoms with Gasteiger partial charge in [-0.05, 0) is 42.0 Å². The predicted octanol–water partition coefficient (Wildman–Crippen LogP) is 0.873. The van der Waals surface area contributed by atoms with Crippen LogP contribution in [-0.4, -0.2) is 33.5 Å². The molecule has 2 aromatic rings. The molecule has 1 N–H and O–H groups in total. The Balaban J connectivity index is 1.80. The number of carbonyl (C=O) groups is 1. The van der Waals surface area contributed by atoms with Crippen molar-refractivity contribution in [3.8, 4) is 0 Å². The van der Waals surface area contributed by atoms with Gasteiger partial charge in [-0.3, -0.25) is 9.78 Å². The molecule has 0 aliphatic carbocycles. The Kier molecular flexibility index (Phi) is 4.82. The summed E-state index contributed by atoms with van der Waals surface area (Å²) in [4.78, 5) is 15.9. The van der Waals surface area contributed by atoms with Gasteiger partial charge in [0.2, 0.25) is 26.0 Å². The lowest BCUT2D eigenvalue weighted by Gasteiger charge is -2.15. The Morgan fingerprint density at radius 2 is 1.77 bits per heavy atom. The Morgan fingerprint density at radius 1 is 1.15 bits per heavy atom. The normalized spacial score (nSPS) is 19.7. The van der Waals surface area contributed by atoms with Crippen LogP contribution >= 0.6 is 0 Å². The van der Waals surface area contributed by atoms with Gasteiger partial charge >= 0.3 is 0 Å². The molecule has 26 heavy (non-hydrogen) atoms. The fourth-order valence-corrected chi connectivity index (χ4v) is 5.45. The molecule has 1 amide bonds. The maximum absolute atomic E-state index is 12.4. The molecule has 1 aromatic heterocycles. The second-order valence-electron chi connectivity index (χ2n) is 5.96. The molecule has 0 radical (unpaired) electrons. The third-order valence-corrected chi connectivity index (χ3v) is 7.24. The summed E-state index contributed by atoms with van der Waals surface area (Å²) >= 11 is 0. The number of hydrogen-bond acceptors (Lipinski definition) is 6. The van der Waals surface area contributed by atoms with Crippen LogP contribution < -0.4 is 9.03 Å². The summed E-state index contributed by atoms with van der Waals surface area (Å²) in [6.07, 6.45) is 3.12. The Morgan fingerprint density at radius 3 is 2.31 bits per heavy atom. The van der Waals surface area contributed by atoms with E-state index in [1.54, 1.807) is 31.5 Å². The zero-order chi connectivity index (χ0) is 18.9. The van der Waals surface area contributed by atoms with E-state index in [-0.39, 0.29) is 22.9 Å². The van der Waals surface area contributed by atoms with Crippen molar-refractivity contribution in [2.75, 3.05) is 10.1 Å². The number of carbonyl (C=O) groups excluding carboxylic acids is 1. The number of sulfonamides is 2. The standard InChI is InChI=1S/C16H17N3O5S2/c1-12-11-25(21,22)19(16(12)20)14-2-4-15(5-3-14)26(23,24)18-10-13-6-8-17-9-7-13/h2-9,12,18H,10-11H2,1H3/t12-/m0/s1. The van der Waals surface area contributed by atoms with E-state index in [0.717, 1.165) is 9.87 Å². The first kappa shape index (κ1) is 18.5. The molecular formula is C16H17N3O5S2. The van der Waals surface area contributed by atoms with Gasteiger partial charge in [-0.25, -0.2) is 25.9 Å². The lowest BCUT2D eigenvalue weighted by Crippen LogP contribution is -2.30. The fourth-order valence-electron chi connectivity index (χ4n) is 2.61. The van der Waals surface area contributed by atoms with Crippen LogP contribution in [0.15, 0.2) is 53.7 Å². The van der Waals surface area contributed by atoms with Crippen LogP contribution in [0.3, 0.4) is 0 Å². The van der Waals surface area contributed by atoms with Gasteiger partial charge in [-0.1, -0.05) is 6.92 Å². The van der Waals surface area contributed by atoms with Crippen LogP contribution in [0.4, 0.5) is 5.69 Å². The van der Waals surface area contributed by atoms with Gasteiger partial charge in [0.25, 0.3) is 0 Å². The minimum atomic E-state index is -3.78. The monoisotopic (exact) mass is 395 g/mol. The number of pyridine rings is 1. The topological polar surface area (TPSA) is 114 Å². The molecule has 0 saturated carbocycles. The predicted molar refractivity (Wildman–Crippen MR) is 95.1 cm³/mol. The first-order chi connectivity index (χ1) is 12.2. The van der Waals surface area contributed by atoms with Crippen LogP contribution in [0, 0.1) is 5.92 Å². The third-order valence-electron chi connectivity index (χ3n) is 3.96. The number of nitrogens with one attached hydrogen (secondary N) is 1. The second-order valence-corrected chi connectivity index (χ2v) is 9.59. The average molecular weight is 395 g/mol. The minimum absolute atomic E-state index is 0.0209. The highest BCUT2D eigenvalue weighted by molar-refractivity contribution is 7.94. The smallest absolute Gasteiger partial charge is 0.244 e. The van der Waals surface area contributed by atoms with E-state index >= 15 is 0 Å². The van der Waals surface area contributed by atoms with E-state index in [0.29, 0.717) is 0 Å². The summed E-state index contributed by atoms with van der Waals surface area (Å²) in [5, 5.41) is 0. The SMILES string of the molecule is C[C@H]1CS(=O)(=O)N(c2ccc(S(=O)(=O)NCc3ccncc3)cc2)C1=O. The van der Waals surface area contributed by atoms with Gasteiger partial charge in [0.15, 0.2) is 0 Å². The van der Waals surface area contributed by atoms with Crippen LogP contribution in [0.2, 0.25) is 0 Å². The van der Waals surface area contributed by atoms with Gasteiger partial charge in [0, 0.05) is 18.9 Å². The molecule has 1 aromatic carbocycles. The quantitative estimate of drug-likeness (QED) is 0.804. The lowest BCUT2D eigenvalue weighted by atomic mass is 10.2. The molecule has 1 fully saturated rings. The zero-order valence-corrected chi connectivity index (χ0v) is 15.5. The minimum Gasteiger partial charge on any atom is -0.273 e. The summed E-state index contributed by atoms with van der Waals surface area (Å²) in [5.74, 6) is -1.39. The van der Waals surface area contributed by atoms with E-state index in [2.05, 4.69) is 9.71 Å². The summed E-state index contributed by atoms with van der Waals surface area (Å²) < 4.78 is 52.1. The van der Waals surface area contributed by atoms with Crippen molar-refractivity contribution in [3.63, 3.8) is 0 Å². The number of aromatic nitrogens is 1. The van der Waals surface area contributed by atoms with Gasteiger partial charge in [-0.15, -0.1) is 0 Å². The lowest BCUT2D eigenvalue weighted by molar-refractivity contribution is -0.119. The Bertz CT molecular complexity index is 1020. The second kappa shape index (κ2) is 6.78. The summed E-state index contributed by atoms with van der Waals surface area (Å²) in [6.45, 7) is 1.64. The number of benzene rings is 1. The van der Waals surface area contributed by atoms with Gasteiger partial charge in [-0.2, -0.15) is 0 Å². The Hall–Kier alpha value is -2.30. The fraction of sp³-hybridized carbons (Fsp3) is 0.250. The van der Waals surface area contributed by atoms with Gasteiger partial charge < -0.3 is 0 Å². The maximum atomic E-state index is 12.4. The number of amides is 1. The molecule has 0 unspecified atom stereocenters. The first-order valence-corrected chi connectivity index (χ1v) is 10.9. The van der Waals surface area contributed by atoms with Crippen LogP contribution in [0.1, 0.15) is 12.5 Å². The molecule has 8 nitrogen and oxygen atoms in total. The van der Waals surface area contributed by atoms with Crippen molar-refractivity contribution >= 4 is 31.6 Å². The van der Waals surface area contributed by atoms with Crippen LogP contribution in [0.25, 0.3) is 0 Å². The molecule has 0 bridgehead atoms. The van der Waals surface area contributed by atoms with Crippen LogP contribution in [0.5, 0.6) is 0 Å². The largest absolute Gasteiger partial charge is 0.273 e. The van der Waals surface area contributed by atoms with Crippen molar-refractivity contribution in [1.82, 2.24) is 9.71 Å². The molecule has 0 spiro atoms. The molecule has 1 saturated heterocycles. The highest BCUT2D eigenvalue weighted by atomic mass is 32.2. The Labute approximate surface area is 152 Å². The highest BCUT2D eigenvalue weighted by Gasteiger charge is 2.41. The van der Waals surface area contributed by atoms with Crippen molar-refractivity contribution in [3.05, 3.63) is 54.4 Å². The van der Waals surface area contributed by atoms with E-state index in [4.69, 9.17) is 0 Å². The molecule has 1 aliphatic rings. The summed E-state index contributed by atoms with van der Waals surface area (Å²) in [5.41, 5.74) is 0.885. The van der Waals surface area contributed by atoms with Crippen molar-refractivity contribution in [1.29, 1.82) is 0 Å². The molecule has 10 heteroatoms. The van der Waals surface area contributed by atoms with Crippen molar-refractivity contribution in [2.24, 2.45) is 5.92 Å². The van der Waals surface area contributed by atoms with Gasteiger partial charge in [0.1, 0.15) is 0 Å².